The molecule has 5 nitrogen and oxygen atoms in total. The smallest absolute Gasteiger partial charge is 0.410 e. The van der Waals surface area contributed by atoms with Crippen molar-refractivity contribution >= 4 is 11.9 Å². The number of hydrogen-bond acceptors (Lipinski definition) is 4. The lowest BCUT2D eigenvalue weighted by Gasteiger charge is -2.24. The fourth-order valence-corrected chi connectivity index (χ4v) is 2.52. The molecule has 0 bridgehead atoms. The average Bonchev–Trinajstić information content (AvgIpc) is 2.94. The summed E-state index contributed by atoms with van der Waals surface area (Å²) >= 11 is 0. The molecule has 0 aliphatic carbocycles. The molecule has 1 unspecified atom stereocenters. The van der Waals surface area contributed by atoms with E-state index in [0.29, 0.717) is 25.1 Å². The largest absolute Gasteiger partial charge is 0.494 e. The molecule has 2 rings (SSSR count). The highest BCUT2D eigenvalue weighted by Gasteiger charge is 2.34. The van der Waals surface area contributed by atoms with Gasteiger partial charge >= 0.3 is 6.09 Å². The Morgan fingerprint density at radius 2 is 2.00 bits per heavy atom. The fourth-order valence-electron chi connectivity index (χ4n) is 2.52. The first-order chi connectivity index (χ1) is 10.7. The van der Waals surface area contributed by atoms with Gasteiger partial charge < -0.3 is 14.4 Å². The summed E-state index contributed by atoms with van der Waals surface area (Å²) in [5.41, 5.74) is -0.280. The zero-order valence-corrected chi connectivity index (χ0v) is 13.9. The lowest BCUT2D eigenvalue weighted by Crippen LogP contribution is -2.35. The predicted octanol–water partition coefficient (Wildman–Crippen LogP) is 3.27. The van der Waals surface area contributed by atoms with Gasteiger partial charge in [0, 0.05) is 24.6 Å². The van der Waals surface area contributed by atoms with E-state index in [0.717, 1.165) is 0 Å². The van der Waals surface area contributed by atoms with Crippen LogP contribution in [-0.2, 0) is 4.74 Å². The molecule has 1 fully saturated rings. The number of ether oxygens (including phenoxy) is 2. The van der Waals surface area contributed by atoms with Gasteiger partial charge in [-0.1, -0.05) is 0 Å². The maximum absolute atomic E-state index is 13.7. The first-order valence-corrected chi connectivity index (χ1v) is 7.57. The highest BCUT2D eigenvalue weighted by Crippen LogP contribution is 2.25. The third kappa shape index (κ3) is 4.21. The number of likely N-dealkylation sites (tertiary alicyclic amines) is 1. The van der Waals surface area contributed by atoms with Crippen LogP contribution in [0.4, 0.5) is 9.18 Å². The summed E-state index contributed by atoms with van der Waals surface area (Å²) in [6.45, 7) is 6.14. The van der Waals surface area contributed by atoms with Crippen LogP contribution in [0.5, 0.6) is 5.75 Å². The zero-order valence-electron chi connectivity index (χ0n) is 13.9. The number of rotatable bonds is 3. The summed E-state index contributed by atoms with van der Waals surface area (Å²) in [6, 6.07) is 4.15. The summed E-state index contributed by atoms with van der Waals surface area (Å²) in [6.07, 6.45) is 0.125. The Balaban J connectivity index is 2.02. The number of nitrogens with zero attached hydrogens (tertiary/aromatic N) is 1. The second-order valence-corrected chi connectivity index (χ2v) is 6.63. The van der Waals surface area contributed by atoms with E-state index in [9.17, 15) is 14.0 Å². The van der Waals surface area contributed by atoms with E-state index in [1.165, 1.54) is 24.1 Å². The van der Waals surface area contributed by atoms with Gasteiger partial charge in [-0.3, -0.25) is 4.79 Å². The number of benzene rings is 1. The van der Waals surface area contributed by atoms with Crippen molar-refractivity contribution in [3.8, 4) is 5.75 Å². The van der Waals surface area contributed by atoms with Crippen LogP contribution in [0.1, 0.15) is 37.6 Å². The van der Waals surface area contributed by atoms with Gasteiger partial charge in [-0.2, -0.15) is 0 Å². The molecule has 0 aromatic heterocycles. The molecule has 1 atom stereocenters. The third-order valence-corrected chi connectivity index (χ3v) is 3.65. The maximum Gasteiger partial charge on any atom is 0.410 e. The normalized spacial score (nSPS) is 18.0. The van der Waals surface area contributed by atoms with Crippen molar-refractivity contribution < 1.29 is 23.5 Å². The van der Waals surface area contributed by atoms with Gasteiger partial charge in [0.2, 0.25) is 0 Å². The predicted molar refractivity (Wildman–Crippen MR) is 83.2 cm³/mol. The van der Waals surface area contributed by atoms with Crippen LogP contribution in [-0.4, -0.2) is 42.6 Å². The Morgan fingerprint density at radius 3 is 2.57 bits per heavy atom. The van der Waals surface area contributed by atoms with Gasteiger partial charge in [0.25, 0.3) is 0 Å². The standard InChI is InChI=1S/C17H22FNO4/c1-17(2,3)23-16(21)19-8-7-12(10-19)15(20)11-5-6-14(22-4)13(18)9-11/h5-6,9,12H,7-8,10H2,1-4H3. The monoisotopic (exact) mass is 323 g/mol. The number of halogens is 1. The van der Waals surface area contributed by atoms with E-state index >= 15 is 0 Å². The number of carbonyl (C=O) groups excluding carboxylic acids is 2. The van der Waals surface area contributed by atoms with Gasteiger partial charge in [-0.05, 0) is 45.4 Å². The molecule has 1 aliphatic rings. The van der Waals surface area contributed by atoms with Crippen molar-refractivity contribution in [2.24, 2.45) is 5.92 Å². The number of methoxy groups -OCH3 is 1. The molecule has 126 valence electrons. The minimum atomic E-state index is -0.571. The van der Waals surface area contributed by atoms with Crippen LogP contribution in [0.25, 0.3) is 0 Å². The Labute approximate surface area is 135 Å². The summed E-state index contributed by atoms with van der Waals surface area (Å²) in [5, 5.41) is 0. The molecule has 6 heteroatoms. The van der Waals surface area contributed by atoms with E-state index in [2.05, 4.69) is 0 Å². The molecule has 1 aromatic rings. The Bertz CT molecular complexity index is 609. The molecular formula is C17H22FNO4. The first kappa shape index (κ1) is 17.2. The molecule has 1 saturated heterocycles. The number of hydrogen-bond donors (Lipinski definition) is 0. The van der Waals surface area contributed by atoms with E-state index in [1.54, 1.807) is 26.8 Å². The molecule has 0 N–H and O–H groups in total. The van der Waals surface area contributed by atoms with Gasteiger partial charge in [0.05, 0.1) is 7.11 Å². The number of amides is 1. The van der Waals surface area contributed by atoms with Crippen LogP contribution in [0.15, 0.2) is 18.2 Å². The van der Waals surface area contributed by atoms with Crippen LogP contribution < -0.4 is 4.74 Å². The van der Waals surface area contributed by atoms with E-state index in [1.807, 2.05) is 0 Å². The van der Waals surface area contributed by atoms with E-state index < -0.39 is 17.5 Å². The maximum atomic E-state index is 13.7. The van der Waals surface area contributed by atoms with Crippen LogP contribution >= 0.6 is 0 Å². The van der Waals surface area contributed by atoms with Crippen molar-refractivity contribution in [3.05, 3.63) is 29.6 Å². The molecule has 0 spiro atoms. The van der Waals surface area contributed by atoms with Gasteiger partial charge in [-0.15, -0.1) is 0 Å². The molecule has 1 amide bonds. The van der Waals surface area contributed by atoms with Crippen LogP contribution in [0.3, 0.4) is 0 Å². The number of carbonyl (C=O) groups is 2. The van der Waals surface area contributed by atoms with Crippen molar-refractivity contribution in [2.75, 3.05) is 20.2 Å². The lowest BCUT2D eigenvalue weighted by atomic mass is 9.97. The molecule has 1 heterocycles. The Kier molecular flexibility index (Phi) is 4.92. The number of Topliss-reactive ketones (excluding diaryl/α,β-unsaturated/α-hetero) is 1. The Morgan fingerprint density at radius 1 is 1.30 bits per heavy atom. The van der Waals surface area contributed by atoms with Crippen molar-refractivity contribution in [2.45, 2.75) is 32.8 Å². The van der Waals surface area contributed by atoms with Crippen molar-refractivity contribution in [1.82, 2.24) is 4.90 Å². The summed E-state index contributed by atoms with van der Waals surface area (Å²) in [7, 11) is 1.37. The van der Waals surface area contributed by atoms with Gasteiger partial charge in [0.15, 0.2) is 17.3 Å². The Hall–Kier alpha value is -2.11. The van der Waals surface area contributed by atoms with Gasteiger partial charge in [0.1, 0.15) is 5.60 Å². The minimum Gasteiger partial charge on any atom is -0.494 e. The fraction of sp³-hybridized carbons (Fsp3) is 0.529. The topological polar surface area (TPSA) is 55.8 Å². The molecule has 1 aliphatic heterocycles. The first-order valence-electron chi connectivity index (χ1n) is 7.57. The van der Waals surface area contributed by atoms with Crippen molar-refractivity contribution in [1.29, 1.82) is 0 Å². The molecule has 1 aromatic carbocycles. The highest BCUT2D eigenvalue weighted by molar-refractivity contribution is 5.98. The minimum absolute atomic E-state index is 0.100. The lowest BCUT2D eigenvalue weighted by molar-refractivity contribution is 0.0289. The number of ketones is 1. The third-order valence-electron chi connectivity index (χ3n) is 3.65. The van der Waals surface area contributed by atoms with E-state index in [-0.39, 0.29) is 17.5 Å². The summed E-state index contributed by atoms with van der Waals surface area (Å²) in [5.74, 6) is -0.975. The van der Waals surface area contributed by atoms with Gasteiger partial charge in [-0.25, -0.2) is 9.18 Å². The molecule has 0 radical (unpaired) electrons. The summed E-state index contributed by atoms with van der Waals surface area (Å²) in [4.78, 5) is 26.0. The second-order valence-electron chi connectivity index (χ2n) is 6.63. The van der Waals surface area contributed by atoms with Crippen LogP contribution in [0, 0.1) is 11.7 Å². The average molecular weight is 323 g/mol. The van der Waals surface area contributed by atoms with Crippen LogP contribution in [0.2, 0.25) is 0 Å². The quantitative estimate of drug-likeness (QED) is 0.801. The van der Waals surface area contributed by atoms with E-state index in [4.69, 9.17) is 9.47 Å². The highest BCUT2D eigenvalue weighted by atomic mass is 19.1. The molecule has 0 saturated carbocycles. The summed E-state index contributed by atoms with van der Waals surface area (Å²) < 4.78 is 23.9. The molecule has 23 heavy (non-hydrogen) atoms. The zero-order chi connectivity index (χ0) is 17.2. The molecular weight excluding hydrogens is 301 g/mol. The SMILES string of the molecule is COc1ccc(C(=O)C2CCN(C(=O)OC(C)(C)C)C2)cc1F. The second kappa shape index (κ2) is 6.56. The van der Waals surface area contributed by atoms with Crippen molar-refractivity contribution in [3.63, 3.8) is 0 Å².